The van der Waals surface area contributed by atoms with Crippen molar-refractivity contribution in [2.75, 3.05) is 46.4 Å². The van der Waals surface area contributed by atoms with Crippen molar-refractivity contribution in [3.8, 4) is 0 Å². The van der Waals surface area contributed by atoms with Crippen LogP contribution in [-0.4, -0.2) is 108 Å². The zero-order chi connectivity index (χ0) is 31.8. The predicted molar refractivity (Wildman–Crippen MR) is 172 cm³/mol. The lowest BCUT2D eigenvalue weighted by Crippen LogP contribution is -2.29. The molecule has 0 radical (unpaired) electrons. The number of nitrogens with zero attached hydrogens (tertiary/aromatic N) is 3. The third kappa shape index (κ3) is 36.0. The Labute approximate surface area is 263 Å². The van der Waals surface area contributed by atoms with Crippen molar-refractivity contribution in [3.63, 3.8) is 0 Å². The Balaban J connectivity index is -0.000000160. The topological polar surface area (TPSA) is 132 Å². The fourth-order valence-electron chi connectivity index (χ4n) is 2.21. The minimum absolute atomic E-state index is 0. The molecule has 3 amide bonds. The number of amides is 3. The van der Waals surface area contributed by atoms with E-state index in [0.717, 1.165) is 21.6 Å². The van der Waals surface area contributed by atoms with Crippen molar-refractivity contribution < 1.29 is 43.2 Å². The highest BCUT2D eigenvalue weighted by atomic mass is 32.2. The van der Waals surface area contributed by atoms with Crippen LogP contribution in [0.3, 0.4) is 0 Å². The van der Waals surface area contributed by atoms with Crippen molar-refractivity contribution >= 4 is 53.2 Å². The summed E-state index contributed by atoms with van der Waals surface area (Å²) >= 11 is 3.49. The quantitative estimate of drug-likeness (QED) is 0.251. The number of ether oxygens (including phenoxy) is 1. The molecule has 0 unspecified atom stereocenters. The molecular formula is C28H59N3O9S2. The van der Waals surface area contributed by atoms with Gasteiger partial charge >= 0.3 is 11.9 Å². The summed E-state index contributed by atoms with van der Waals surface area (Å²) in [5.74, 6) is 0.217. The average Bonchev–Trinajstić information content (AvgIpc) is 2.82. The van der Waals surface area contributed by atoms with Gasteiger partial charge in [-0.2, -0.15) is 33.7 Å². The molecule has 0 saturated heterocycles. The third-order valence-corrected chi connectivity index (χ3v) is 6.37. The number of carbonyl (C=O) groups is 5. The smallest absolute Gasteiger partial charge is 0.329 e. The largest absolute Gasteiger partial charge is 0.378 e. The van der Waals surface area contributed by atoms with Gasteiger partial charge in [-0.25, -0.2) is 5.06 Å². The second-order valence-electron chi connectivity index (χ2n) is 9.03. The maximum Gasteiger partial charge on any atom is 0.329 e. The van der Waals surface area contributed by atoms with Gasteiger partial charge in [0.2, 0.25) is 5.91 Å². The molecule has 252 valence electrons. The monoisotopic (exact) mass is 645 g/mol. The number of carbonyl (C=O) groups excluding carboxylic acids is 5. The number of hydroxylamine groups is 6. The molecule has 42 heavy (non-hydrogen) atoms. The van der Waals surface area contributed by atoms with Gasteiger partial charge in [0, 0.05) is 59.3 Å². The molecule has 0 N–H and O–H groups in total. The van der Waals surface area contributed by atoms with Crippen LogP contribution in [0.15, 0.2) is 0 Å². The predicted octanol–water partition coefficient (Wildman–Crippen LogP) is 5.00. The lowest BCUT2D eigenvalue weighted by atomic mass is 10.4. The first-order valence-electron chi connectivity index (χ1n) is 13.0. The minimum atomic E-state index is -0.509. The van der Waals surface area contributed by atoms with Crippen molar-refractivity contribution in [3.05, 3.63) is 0 Å². The van der Waals surface area contributed by atoms with Gasteiger partial charge in [-0.3, -0.25) is 28.8 Å². The fraction of sp³-hybridized carbons (Fsp3) is 0.821. The van der Waals surface area contributed by atoms with E-state index in [-0.39, 0.29) is 45.1 Å². The van der Waals surface area contributed by atoms with E-state index in [1.54, 1.807) is 30.6 Å². The van der Waals surface area contributed by atoms with E-state index in [1.165, 1.54) is 40.1 Å². The Kier molecular flexibility index (Phi) is 36.0. The molecule has 0 spiro atoms. The molecule has 12 nitrogen and oxygen atoms in total. The second kappa shape index (κ2) is 30.4. The molecule has 0 aromatic carbocycles. The number of thioether (sulfide) groups is 2. The zero-order valence-corrected chi connectivity index (χ0v) is 27.9. The summed E-state index contributed by atoms with van der Waals surface area (Å²) in [5, 5.41) is 4.28. The highest BCUT2D eigenvalue weighted by molar-refractivity contribution is 8.00. The lowest BCUT2D eigenvalue weighted by Gasteiger charge is -2.15. The maximum atomic E-state index is 11.3. The molecule has 0 aromatic rings. The molecule has 0 aliphatic carbocycles. The van der Waals surface area contributed by atoms with Crippen LogP contribution >= 0.6 is 23.5 Å². The Hall–Kier alpha value is -2.03. The summed E-state index contributed by atoms with van der Waals surface area (Å²) in [6, 6.07) is 0. The number of hydrogen-bond donors (Lipinski definition) is 0. The Morgan fingerprint density at radius 2 is 0.952 bits per heavy atom. The normalized spacial score (nSPS) is 9.69. The van der Waals surface area contributed by atoms with Crippen LogP contribution in [0.2, 0.25) is 0 Å². The van der Waals surface area contributed by atoms with E-state index in [1.807, 2.05) is 13.8 Å². The van der Waals surface area contributed by atoms with Gasteiger partial charge in [0.15, 0.2) is 0 Å². The molecule has 0 saturated carbocycles. The van der Waals surface area contributed by atoms with E-state index in [0.29, 0.717) is 29.9 Å². The van der Waals surface area contributed by atoms with E-state index in [2.05, 4.69) is 37.4 Å². The molecule has 0 aromatic heterocycles. The van der Waals surface area contributed by atoms with Gasteiger partial charge in [-0.1, -0.05) is 42.5 Å². The second-order valence-corrected chi connectivity index (χ2v) is 12.4. The third-order valence-electron chi connectivity index (χ3n) is 4.16. The summed E-state index contributed by atoms with van der Waals surface area (Å²) in [7, 11) is 5.97. The molecule has 0 aliphatic rings. The highest BCUT2D eigenvalue weighted by Crippen LogP contribution is 2.11. The van der Waals surface area contributed by atoms with Gasteiger partial charge in [-0.15, -0.1) is 0 Å². The van der Waals surface area contributed by atoms with Crippen LogP contribution in [0.1, 0.15) is 89.5 Å². The van der Waals surface area contributed by atoms with Crippen LogP contribution in [0, 0.1) is 0 Å². The Bertz CT molecular complexity index is 695. The van der Waals surface area contributed by atoms with Crippen molar-refractivity contribution in [1.82, 2.24) is 15.2 Å². The molecule has 0 atom stereocenters. The van der Waals surface area contributed by atoms with E-state index in [4.69, 9.17) is 9.57 Å². The first-order valence-corrected chi connectivity index (χ1v) is 15.1. The first-order chi connectivity index (χ1) is 18.4. The summed E-state index contributed by atoms with van der Waals surface area (Å²) < 4.78 is 5.18. The summed E-state index contributed by atoms with van der Waals surface area (Å²) in [4.78, 5) is 68.6. The van der Waals surface area contributed by atoms with Crippen LogP contribution in [0.5, 0.6) is 0 Å². The minimum Gasteiger partial charge on any atom is -0.378 e. The SMILES string of the molecule is C.C.CC(=O)ON(C)C(=O)CCOC(C)C.CC(=O)ON(C)C(=O)CCSC(C)C.CON(C)C(=O)CCSC(C)C. The van der Waals surface area contributed by atoms with Gasteiger partial charge in [0.25, 0.3) is 11.8 Å². The Morgan fingerprint density at radius 3 is 1.24 bits per heavy atom. The molecule has 0 rings (SSSR count). The van der Waals surface area contributed by atoms with Crippen LogP contribution in [0.4, 0.5) is 0 Å². The first kappa shape index (κ1) is 49.6. The van der Waals surface area contributed by atoms with Crippen LogP contribution < -0.4 is 0 Å². The van der Waals surface area contributed by atoms with Crippen LogP contribution in [0.25, 0.3) is 0 Å². The number of rotatable bonds is 13. The molecule has 14 heteroatoms. The van der Waals surface area contributed by atoms with E-state index >= 15 is 0 Å². The fourth-order valence-corrected chi connectivity index (χ4v) is 3.74. The van der Waals surface area contributed by atoms with Crippen molar-refractivity contribution in [2.24, 2.45) is 0 Å². The lowest BCUT2D eigenvalue weighted by molar-refractivity contribution is -0.191. The molecule has 0 heterocycles. The average molecular weight is 646 g/mol. The zero-order valence-electron chi connectivity index (χ0n) is 26.3. The summed E-state index contributed by atoms with van der Waals surface area (Å²) in [6.07, 6.45) is 1.25. The summed E-state index contributed by atoms with van der Waals surface area (Å²) in [6.45, 7) is 15.0. The van der Waals surface area contributed by atoms with E-state index < -0.39 is 11.9 Å². The van der Waals surface area contributed by atoms with Gasteiger partial charge in [-0.05, 0) is 24.3 Å². The van der Waals surface area contributed by atoms with E-state index in [9.17, 15) is 24.0 Å². The maximum absolute atomic E-state index is 11.3. The highest BCUT2D eigenvalue weighted by Gasteiger charge is 2.12. The molecular weight excluding hydrogens is 586 g/mol. The standard InChI is InChI=1S/C9H17NO4.C9H17NO3S.C8H17NO2S.2CH4/c1-7(2)13-6-5-9(12)10(4)14-8(3)11;1-7(2)14-6-5-9(12)10(4)13-8(3)11;1-7(2)12-6-5-8(10)9(3)11-4;;/h2*7H,5-6H2,1-4H3;7H,5-6H2,1-4H3;2*1H4. The van der Waals surface area contributed by atoms with Crippen molar-refractivity contribution in [2.45, 2.75) is 106 Å². The Morgan fingerprint density at radius 1 is 0.619 bits per heavy atom. The van der Waals surface area contributed by atoms with Crippen molar-refractivity contribution in [1.29, 1.82) is 0 Å². The number of hydrogen-bond acceptors (Lipinski definition) is 11. The molecule has 0 fully saturated rings. The van der Waals surface area contributed by atoms with Gasteiger partial charge in [0.05, 0.1) is 26.2 Å². The van der Waals surface area contributed by atoms with Gasteiger partial charge in [0.1, 0.15) is 0 Å². The summed E-state index contributed by atoms with van der Waals surface area (Å²) in [5.41, 5.74) is 0. The molecule has 0 bridgehead atoms. The molecule has 0 aliphatic heterocycles. The van der Waals surface area contributed by atoms with Crippen LogP contribution in [-0.2, 0) is 43.2 Å². The van der Waals surface area contributed by atoms with Gasteiger partial charge < -0.3 is 14.4 Å².